The Balaban J connectivity index is 1.88. The van der Waals surface area contributed by atoms with Crippen LogP contribution in [0.2, 0.25) is 0 Å². The minimum Gasteiger partial charge on any atom is -0.340 e. The fourth-order valence-electron chi connectivity index (χ4n) is 2.62. The predicted octanol–water partition coefficient (Wildman–Crippen LogP) is 4.19. The maximum Gasteiger partial charge on any atom is 0.134 e. The molecule has 19 heavy (non-hydrogen) atoms. The Morgan fingerprint density at radius 1 is 1.32 bits per heavy atom. The van der Waals surface area contributed by atoms with Crippen molar-refractivity contribution in [3.8, 4) is 0 Å². The van der Waals surface area contributed by atoms with Gasteiger partial charge in [0, 0.05) is 6.42 Å². The van der Waals surface area contributed by atoms with E-state index in [9.17, 15) is 0 Å². The number of para-hydroxylation sites is 1. The SMILES string of the molecule is CCCCCc1cccc2[nH]c(C3CCN=N3)nc12. The van der Waals surface area contributed by atoms with E-state index in [1.165, 1.54) is 24.8 Å². The Labute approximate surface area is 113 Å². The molecule has 1 N–H and O–H groups in total. The molecule has 1 aromatic heterocycles. The molecule has 1 atom stereocenters. The number of aromatic nitrogens is 2. The number of benzene rings is 1. The normalized spacial score (nSPS) is 18.5. The number of unbranched alkanes of at least 4 members (excludes halogenated alkanes) is 2. The van der Waals surface area contributed by atoms with E-state index >= 15 is 0 Å². The smallest absolute Gasteiger partial charge is 0.134 e. The Bertz CT molecular complexity index is 585. The maximum absolute atomic E-state index is 4.76. The van der Waals surface area contributed by atoms with Gasteiger partial charge in [0.15, 0.2) is 0 Å². The van der Waals surface area contributed by atoms with Crippen LogP contribution >= 0.6 is 0 Å². The summed E-state index contributed by atoms with van der Waals surface area (Å²) >= 11 is 0. The zero-order valence-corrected chi connectivity index (χ0v) is 11.4. The van der Waals surface area contributed by atoms with Crippen LogP contribution in [0.5, 0.6) is 0 Å². The lowest BCUT2D eigenvalue weighted by molar-refractivity contribution is 0.696. The number of hydrogen-bond donors (Lipinski definition) is 1. The van der Waals surface area contributed by atoms with Crippen LogP contribution < -0.4 is 0 Å². The second-order valence-electron chi connectivity index (χ2n) is 5.18. The van der Waals surface area contributed by atoms with Crippen molar-refractivity contribution in [2.24, 2.45) is 10.2 Å². The first-order valence-electron chi connectivity index (χ1n) is 7.22. The molecule has 0 saturated carbocycles. The molecular formula is C15H20N4. The monoisotopic (exact) mass is 256 g/mol. The van der Waals surface area contributed by atoms with E-state index in [1.54, 1.807) is 0 Å². The largest absolute Gasteiger partial charge is 0.340 e. The van der Waals surface area contributed by atoms with Crippen molar-refractivity contribution in [3.63, 3.8) is 0 Å². The maximum atomic E-state index is 4.76. The summed E-state index contributed by atoms with van der Waals surface area (Å²) in [6.45, 7) is 3.06. The number of H-pyrrole nitrogens is 1. The van der Waals surface area contributed by atoms with Gasteiger partial charge in [-0.05, 0) is 24.5 Å². The van der Waals surface area contributed by atoms with E-state index in [1.807, 2.05) is 0 Å². The summed E-state index contributed by atoms with van der Waals surface area (Å²) in [5.74, 6) is 0.971. The van der Waals surface area contributed by atoms with Gasteiger partial charge in [0.1, 0.15) is 11.9 Å². The first-order chi connectivity index (χ1) is 9.38. The van der Waals surface area contributed by atoms with Crippen molar-refractivity contribution in [2.45, 2.75) is 45.1 Å². The molecule has 1 aliphatic heterocycles. The Morgan fingerprint density at radius 2 is 2.26 bits per heavy atom. The van der Waals surface area contributed by atoms with Gasteiger partial charge in [-0.3, -0.25) is 0 Å². The fourth-order valence-corrected chi connectivity index (χ4v) is 2.62. The summed E-state index contributed by atoms with van der Waals surface area (Å²) in [6, 6.07) is 6.54. The zero-order valence-electron chi connectivity index (χ0n) is 11.4. The Kier molecular flexibility index (Phi) is 3.58. The van der Waals surface area contributed by atoms with Crippen LogP contribution in [0, 0.1) is 0 Å². The molecule has 0 radical (unpaired) electrons. The van der Waals surface area contributed by atoms with Crippen LogP contribution in [0.15, 0.2) is 28.4 Å². The Morgan fingerprint density at radius 3 is 3.05 bits per heavy atom. The van der Waals surface area contributed by atoms with Gasteiger partial charge in [0.05, 0.1) is 17.6 Å². The lowest BCUT2D eigenvalue weighted by atomic mass is 10.1. The van der Waals surface area contributed by atoms with E-state index in [4.69, 9.17) is 4.98 Å². The number of aromatic amines is 1. The minimum atomic E-state index is 0.135. The van der Waals surface area contributed by atoms with Crippen LogP contribution in [-0.4, -0.2) is 16.5 Å². The Hall–Kier alpha value is -1.71. The number of nitrogens with one attached hydrogen (secondary N) is 1. The van der Waals surface area contributed by atoms with E-state index in [-0.39, 0.29) is 6.04 Å². The van der Waals surface area contributed by atoms with Crippen LogP contribution in [-0.2, 0) is 6.42 Å². The fraction of sp³-hybridized carbons (Fsp3) is 0.533. The topological polar surface area (TPSA) is 53.4 Å². The minimum absolute atomic E-state index is 0.135. The molecule has 2 heterocycles. The molecule has 4 heteroatoms. The second-order valence-corrected chi connectivity index (χ2v) is 5.18. The molecule has 0 amide bonds. The molecular weight excluding hydrogens is 236 g/mol. The van der Waals surface area contributed by atoms with Gasteiger partial charge in [-0.2, -0.15) is 10.2 Å². The highest BCUT2D eigenvalue weighted by Crippen LogP contribution is 2.27. The van der Waals surface area contributed by atoms with Crippen molar-refractivity contribution in [1.29, 1.82) is 0 Å². The van der Waals surface area contributed by atoms with E-state index < -0.39 is 0 Å². The summed E-state index contributed by atoms with van der Waals surface area (Å²) < 4.78 is 0. The highest BCUT2D eigenvalue weighted by molar-refractivity contribution is 5.78. The number of rotatable bonds is 5. The lowest BCUT2D eigenvalue weighted by Crippen LogP contribution is -1.94. The molecule has 0 saturated heterocycles. The summed E-state index contributed by atoms with van der Waals surface area (Å²) in [5, 5.41) is 8.30. The third-order valence-electron chi connectivity index (χ3n) is 3.70. The van der Waals surface area contributed by atoms with Gasteiger partial charge < -0.3 is 4.98 Å². The number of azo groups is 1. The summed E-state index contributed by atoms with van der Waals surface area (Å²) in [7, 11) is 0. The highest BCUT2D eigenvalue weighted by Gasteiger charge is 2.19. The van der Waals surface area contributed by atoms with Crippen molar-refractivity contribution < 1.29 is 0 Å². The molecule has 1 aliphatic rings. The zero-order chi connectivity index (χ0) is 13.1. The van der Waals surface area contributed by atoms with Crippen molar-refractivity contribution >= 4 is 11.0 Å². The van der Waals surface area contributed by atoms with E-state index in [0.717, 1.165) is 36.2 Å². The number of imidazole rings is 1. The van der Waals surface area contributed by atoms with Crippen molar-refractivity contribution in [2.75, 3.05) is 6.54 Å². The van der Waals surface area contributed by atoms with Gasteiger partial charge in [-0.15, -0.1) is 0 Å². The lowest BCUT2D eigenvalue weighted by Gasteiger charge is -2.01. The average molecular weight is 256 g/mol. The average Bonchev–Trinajstić information content (AvgIpc) is 3.08. The third kappa shape index (κ3) is 2.53. The first kappa shape index (κ1) is 12.3. The van der Waals surface area contributed by atoms with E-state index in [2.05, 4.69) is 40.3 Å². The van der Waals surface area contributed by atoms with Crippen LogP contribution in [0.4, 0.5) is 0 Å². The molecule has 0 fully saturated rings. The quantitative estimate of drug-likeness (QED) is 0.801. The molecule has 1 aromatic carbocycles. The summed E-state index contributed by atoms with van der Waals surface area (Å²) in [6.07, 6.45) is 5.86. The summed E-state index contributed by atoms with van der Waals surface area (Å²) in [4.78, 5) is 8.17. The predicted molar refractivity (Wildman–Crippen MR) is 76.4 cm³/mol. The number of nitrogens with zero attached hydrogens (tertiary/aromatic N) is 3. The molecule has 4 nitrogen and oxygen atoms in total. The second kappa shape index (κ2) is 5.51. The molecule has 2 aromatic rings. The standard InChI is InChI=1S/C15H20N4/c1-2-3-4-6-11-7-5-8-12-14(11)18-15(17-12)13-9-10-16-19-13/h5,7-8,13H,2-4,6,9-10H2,1H3,(H,17,18). The van der Waals surface area contributed by atoms with E-state index in [0.29, 0.717) is 0 Å². The molecule has 0 aliphatic carbocycles. The highest BCUT2D eigenvalue weighted by atomic mass is 15.2. The summed E-state index contributed by atoms with van der Waals surface area (Å²) in [5.41, 5.74) is 3.60. The van der Waals surface area contributed by atoms with Crippen LogP contribution in [0.1, 0.15) is 50.0 Å². The van der Waals surface area contributed by atoms with Gasteiger partial charge in [-0.25, -0.2) is 4.98 Å². The number of fused-ring (bicyclic) bond motifs is 1. The molecule has 0 bridgehead atoms. The first-order valence-corrected chi connectivity index (χ1v) is 7.22. The van der Waals surface area contributed by atoms with Gasteiger partial charge >= 0.3 is 0 Å². The molecule has 0 spiro atoms. The third-order valence-corrected chi connectivity index (χ3v) is 3.70. The van der Waals surface area contributed by atoms with Gasteiger partial charge in [0.25, 0.3) is 0 Å². The van der Waals surface area contributed by atoms with Crippen molar-refractivity contribution in [1.82, 2.24) is 9.97 Å². The molecule has 3 rings (SSSR count). The van der Waals surface area contributed by atoms with Crippen molar-refractivity contribution in [3.05, 3.63) is 29.6 Å². The number of aryl methyl sites for hydroxylation is 1. The van der Waals surface area contributed by atoms with Crippen LogP contribution in [0.3, 0.4) is 0 Å². The van der Waals surface area contributed by atoms with Crippen LogP contribution in [0.25, 0.3) is 11.0 Å². The van der Waals surface area contributed by atoms with Gasteiger partial charge in [0.2, 0.25) is 0 Å². The molecule has 1 unspecified atom stereocenters. The number of hydrogen-bond acceptors (Lipinski definition) is 3. The molecule has 100 valence electrons. The van der Waals surface area contributed by atoms with Gasteiger partial charge in [-0.1, -0.05) is 31.9 Å².